The summed E-state index contributed by atoms with van der Waals surface area (Å²) in [4.78, 5) is 35.1. The molecule has 0 spiro atoms. The van der Waals surface area contributed by atoms with Gasteiger partial charge in [-0.3, -0.25) is 18.6 Å². The van der Waals surface area contributed by atoms with Crippen LogP contribution in [0.25, 0.3) is 0 Å². The van der Waals surface area contributed by atoms with Crippen LogP contribution in [0.15, 0.2) is 36.5 Å². The molecule has 0 aromatic rings. The third kappa shape index (κ3) is 44.1. The van der Waals surface area contributed by atoms with E-state index in [1.54, 1.807) is 0 Å². The predicted octanol–water partition coefficient (Wildman–Crippen LogP) is 13.1. The molecule has 0 saturated carbocycles. The second-order valence-corrected chi connectivity index (χ2v) is 17.6. The van der Waals surface area contributed by atoms with Crippen LogP contribution >= 0.6 is 7.82 Å². The Bertz CT molecular complexity index is 1080. The summed E-state index contributed by atoms with van der Waals surface area (Å²) in [6, 6.07) is 0. The number of hydrogen-bond donors (Lipinski definition) is 3. The van der Waals surface area contributed by atoms with E-state index in [-0.39, 0.29) is 19.4 Å². The van der Waals surface area contributed by atoms with Crippen molar-refractivity contribution in [2.75, 3.05) is 26.4 Å². The average molecular weight is 857 g/mol. The second-order valence-electron chi connectivity index (χ2n) is 16.1. The number of esters is 2. The fraction of sp³-hybridized carbons (Fsp3) is 0.833. The number of unbranched alkanes of at least 4 members (excludes halogenated alkanes) is 25. The molecule has 0 saturated heterocycles. The number of carbonyl (C=O) groups excluding carboxylic acids is 2. The molecule has 0 rings (SSSR count). The molecule has 3 atom stereocenters. The van der Waals surface area contributed by atoms with Crippen molar-refractivity contribution in [2.45, 2.75) is 232 Å². The van der Waals surface area contributed by atoms with E-state index in [1.165, 1.54) is 116 Å². The fourth-order valence-corrected chi connectivity index (χ4v) is 7.34. The second kappa shape index (κ2) is 44.3. The summed E-state index contributed by atoms with van der Waals surface area (Å²) in [5.74, 6) is -0.936. The van der Waals surface area contributed by atoms with Crippen molar-refractivity contribution in [3.8, 4) is 0 Å². The molecule has 0 aliphatic rings. The van der Waals surface area contributed by atoms with E-state index in [4.69, 9.17) is 23.6 Å². The van der Waals surface area contributed by atoms with E-state index in [0.717, 1.165) is 64.2 Å². The molecule has 0 fully saturated rings. The van der Waals surface area contributed by atoms with Crippen LogP contribution in [0.1, 0.15) is 219 Å². The Hall–Kier alpha value is -1.81. The number of aliphatic hydroxyl groups excluding tert-OH is 2. The Balaban J connectivity index is 4.22. The maximum Gasteiger partial charge on any atom is 0.472 e. The highest BCUT2D eigenvalue weighted by molar-refractivity contribution is 7.47. The molecule has 346 valence electrons. The van der Waals surface area contributed by atoms with Crippen molar-refractivity contribution in [1.29, 1.82) is 0 Å². The van der Waals surface area contributed by atoms with Gasteiger partial charge in [0.1, 0.15) is 12.7 Å². The maximum atomic E-state index is 12.7. The number of allylic oxidation sites excluding steroid dienone is 6. The van der Waals surface area contributed by atoms with Gasteiger partial charge in [-0.05, 0) is 70.6 Å². The van der Waals surface area contributed by atoms with Crippen molar-refractivity contribution in [1.82, 2.24) is 0 Å². The monoisotopic (exact) mass is 857 g/mol. The zero-order valence-electron chi connectivity index (χ0n) is 37.7. The summed E-state index contributed by atoms with van der Waals surface area (Å²) in [6.45, 7) is 2.36. The van der Waals surface area contributed by atoms with Gasteiger partial charge in [-0.25, -0.2) is 4.57 Å². The quantitative estimate of drug-likeness (QED) is 0.0234. The first kappa shape index (κ1) is 57.2. The smallest absolute Gasteiger partial charge is 0.462 e. The lowest BCUT2D eigenvalue weighted by atomic mass is 10.0. The van der Waals surface area contributed by atoms with E-state index < -0.39 is 51.8 Å². The molecule has 0 aromatic heterocycles. The number of rotatable bonds is 45. The number of ether oxygens (including phenoxy) is 2. The fourth-order valence-electron chi connectivity index (χ4n) is 6.55. The molecule has 0 heterocycles. The summed E-state index contributed by atoms with van der Waals surface area (Å²) in [6.07, 6.45) is 46.8. The average Bonchev–Trinajstić information content (AvgIpc) is 3.22. The number of phosphoric ester groups is 1. The minimum Gasteiger partial charge on any atom is -0.462 e. The van der Waals surface area contributed by atoms with Crippen molar-refractivity contribution in [3.05, 3.63) is 36.5 Å². The van der Waals surface area contributed by atoms with Crippen LogP contribution in [0.3, 0.4) is 0 Å². The Labute approximate surface area is 361 Å². The zero-order chi connectivity index (χ0) is 43.3. The van der Waals surface area contributed by atoms with Crippen LogP contribution in [0.2, 0.25) is 0 Å². The minimum absolute atomic E-state index is 0.181. The van der Waals surface area contributed by atoms with Crippen LogP contribution in [-0.4, -0.2) is 65.7 Å². The molecule has 59 heavy (non-hydrogen) atoms. The third-order valence-electron chi connectivity index (χ3n) is 10.3. The van der Waals surface area contributed by atoms with E-state index in [0.29, 0.717) is 12.8 Å². The number of hydrogen-bond acceptors (Lipinski definition) is 9. The minimum atomic E-state index is -4.62. The summed E-state index contributed by atoms with van der Waals surface area (Å²) >= 11 is 0. The number of aliphatic hydroxyl groups is 2. The maximum absolute atomic E-state index is 12.7. The SMILES string of the molecule is CCCCC/C=C/C/C=C/CCCCCCCC(=O)OC[C@H](COP(=O)(O)OC[C@@H](O)CO)OC(=O)CCCCCCCCCCCCC/C=C/CCCCCCCC. The van der Waals surface area contributed by atoms with Gasteiger partial charge in [0.05, 0.1) is 19.8 Å². The predicted molar refractivity (Wildman–Crippen MR) is 242 cm³/mol. The largest absolute Gasteiger partial charge is 0.472 e. The van der Waals surface area contributed by atoms with Crippen LogP contribution in [0, 0.1) is 0 Å². The van der Waals surface area contributed by atoms with Crippen LogP contribution in [-0.2, 0) is 32.7 Å². The molecular formula is C48H89O10P. The van der Waals surface area contributed by atoms with Gasteiger partial charge in [-0.2, -0.15) is 0 Å². The molecule has 0 aliphatic carbocycles. The molecule has 0 radical (unpaired) electrons. The molecule has 3 N–H and O–H groups in total. The Morgan fingerprint density at radius 2 is 0.881 bits per heavy atom. The van der Waals surface area contributed by atoms with Gasteiger partial charge >= 0.3 is 19.8 Å². The first-order valence-electron chi connectivity index (χ1n) is 23.9. The zero-order valence-corrected chi connectivity index (χ0v) is 38.6. The highest BCUT2D eigenvalue weighted by Crippen LogP contribution is 2.43. The topological polar surface area (TPSA) is 149 Å². The summed E-state index contributed by atoms with van der Waals surface area (Å²) in [7, 11) is -4.62. The van der Waals surface area contributed by atoms with E-state index in [1.807, 2.05) is 0 Å². The highest BCUT2D eigenvalue weighted by Gasteiger charge is 2.27. The van der Waals surface area contributed by atoms with Crippen molar-refractivity contribution in [2.24, 2.45) is 0 Å². The summed E-state index contributed by atoms with van der Waals surface area (Å²) < 4.78 is 32.8. The first-order chi connectivity index (χ1) is 28.7. The Morgan fingerprint density at radius 1 is 0.508 bits per heavy atom. The molecule has 10 nitrogen and oxygen atoms in total. The van der Waals surface area contributed by atoms with Gasteiger partial charge in [0.25, 0.3) is 0 Å². The van der Waals surface area contributed by atoms with Gasteiger partial charge in [0.2, 0.25) is 0 Å². The molecule has 11 heteroatoms. The van der Waals surface area contributed by atoms with E-state index in [9.17, 15) is 24.2 Å². The van der Waals surface area contributed by atoms with Crippen LogP contribution < -0.4 is 0 Å². The third-order valence-corrected chi connectivity index (χ3v) is 11.2. The Morgan fingerprint density at radius 3 is 1.36 bits per heavy atom. The van der Waals surface area contributed by atoms with Crippen molar-refractivity contribution in [3.63, 3.8) is 0 Å². The van der Waals surface area contributed by atoms with Crippen molar-refractivity contribution < 1.29 is 47.8 Å². The first-order valence-corrected chi connectivity index (χ1v) is 25.4. The molecule has 0 amide bonds. The summed E-state index contributed by atoms with van der Waals surface area (Å²) in [5.41, 5.74) is 0. The molecular weight excluding hydrogens is 767 g/mol. The lowest BCUT2D eigenvalue weighted by molar-refractivity contribution is -0.161. The van der Waals surface area contributed by atoms with Gasteiger partial charge in [0, 0.05) is 12.8 Å². The van der Waals surface area contributed by atoms with Gasteiger partial charge in [0.15, 0.2) is 6.10 Å². The number of phosphoric acid groups is 1. The lowest BCUT2D eigenvalue weighted by Gasteiger charge is -2.20. The molecule has 1 unspecified atom stereocenters. The van der Waals surface area contributed by atoms with Crippen molar-refractivity contribution >= 4 is 19.8 Å². The lowest BCUT2D eigenvalue weighted by Crippen LogP contribution is -2.29. The Kier molecular flexibility index (Phi) is 42.9. The molecule has 0 bridgehead atoms. The highest BCUT2D eigenvalue weighted by atomic mass is 31.2. The van der Waals surface area contributed by atoms with Crippen LogP contribution in [0.4, 0.5) is 0 Å². The van der Waals surface area contributed by atoms with Crippen LogP contribution in [0.5, 0.6) is 0 Å². The van der Waals surface area contributed by atoms with Gasteiger partial charge in [-0.15, -0.1) is 0 Å². The van der Waals surface area contributed by atoms with E-state index >= 15 is 0 Å². The van der Waals surface area contributed by atoms with Gasteiger partial charge < -0.3 is 24.6 Å². The normalized spacial score (nSPS) is 14.1. The van der Waals surface area contributed by atoms with Gasteiger partial charge in [-0.1, -0.05) is 172 Å². The number of carbonyl (C=O) groups is 2. The summed E-state index contributed by atoms with van der Waals surface area (Å²) in [5, 5.41) is 18.4. The molecule has 0 aliphatic heterocycles. The molecule has 0 aromatic carbocycles. The van der Waals surface area contributed by atoms with E-state index in [2.05, 4.69) is 50.3 Å². The standard InChI is InChI=1S/C48H89O10P/c1-3-5-7-9-11-13-15-17-19-20-21-22-23-24-26-28-30-32-34-36-38-40-48(52)58-46(44-57-59(53,54)56-42-45(50)41-49)43-55-47(51)39-37-35-33-31-29-27-25-18-16-14-12-10-8-6-4-2/h12,14,17-19,25,45-46,49-50H,3-11,13,15-16,20-24,26-44H2,1-2H3,(H,53,54)/b14-12+,19-17+,25-18+/t45-,46+/m0/s1.